The Labute approximate surface area is 155 Å². The van der Waals surface area contributed by atoms with Crippen LogP contribution in [0.4, 0.5) is 5.69 Å². The number of allylic oxidation sites excluding steroid dienone is 1. The van der Waals surface area contributed by atoms with E-state index in [-0.39, 0.29) is 5.91 Å². The van der Waals surface area contributed by atoms with Gasteiger partial charge in [0.05, 0.1) is 11.4 Å². The molecule has 0 N–H and O–H groups in total. The van der Waals surface area contributed by atoms with Crippen molar-refractivity contribution in [2.75, 3.05) is 23.7 Å². The van der Waals surface area contributed by atoms with Gasteiger partial charge >= 0.3 is 0 Å². The predicted octanol–water partition coefficient (Wildman–Crippen LogP) is 4.33. The highest BCUT2D eigenvalue weighted by molar-refractivity contribution is 8.00. The Morgan fingerprint density at radius 3 is 2.68 bits per heavy atom. The summed E-state index contributed by atoms with van der Waals surface area (Å²) >= 11 is 1.67. The molecule has 2 atom stereocenters. The number of para-hydroxylation sites is 1. The standard InChI is InChI=1S/C21H28N2OS/c1-2-6-16-13-17-9-10-18(14-16)22(17)11-5-12-23-19-7-3-4-8-20(19)25-15-21(23)24/h2-4,7-8,16-18H,1,5-6,9-15H2. The zero-order chi connectivity index (χ0) is 17.2. The number of hydrogen-bond acceptors (Lipinski definition) is 3. The molecule has 3 aliphatic rings. The molecule has 134 valence electrons. The molecule has 1 aromatic carbocycles. The zero-order valence-electron chi connectivity index (χ0n) is 14.9. The average molecular weight is 357 g/mol. The maximum Gasteiger partial charge on any atom is 0.237 e. The summed E-state index contributed by atoms with van der Waals surface area (Å²) in [5, 5.41) is 0. The van der Waals surface area contributed by atoms with Crippen molar-refractivity contribution in [2.45, 2.75) is 55.5 Å². The van der Waals surface area contributed by atoms with E-state index in [4.69, 9.17) is 0 Å². The van der Waals surface area contributed by atoms with Crippen LogP contribution in [0.5, 0.6) is 0 Å². The summed E-state index contributed by atoms with van der Waals surface area (Å²) in [5.41, 5.74) is 1.11. The first kappa shape index (κ1) is 17.2. The summed E-state index contributed by atoms with van der Waals surface area (Å²) in [7, 11) is 0. The number of amides is 1. The Morgan fingerprint density at radius 1 is 1.16 bits per heavy atom. The number of nitrogens with zero attached hydrogens (tertiary/aromatic N) is 2. The molecule has 4 rings (SSSR count). The Bertz CT molecular complexity index is 633. The molecule has 2 saturated heterocycles. The lowest BCUT2D eigenvalue weighted by Gasteiger charge is -2.39. The van der Waals surface area contributed by atoms with Crippen LogP contribution in [-0.2, 0) is 4.79 Å². The van der Waals surface area contributed by atoms with Gasteiger partial charge in [-0.3, -0.25) is 9.69 Å². The minimum Gasteiger partial charge on any atom is -0.311 e. The van der Waals surface area contributed by atoms with Crippen LogP contribution in [0.1, 0.15) is 38.5 Å². The normalized spacial score (nSPS) is 28.9. The van der Waals surface area contributed by atoms with Crippen molar-refractivity contribution in [3.05, 3.63) is 36.9 Å². The molecule has 2 fully saturated rings. The van der Waals surface area contributed by atoms with Gasteiger partial charge in [-0.2, -0.15) is 0 Å². The molecule has 0 radical (unpaired) electrons. The lowest BCUT2D eigenvalue weighted by Crippen LogP contribution is -2.44. The Kier molecular flexibility index (Phi) is 5.18. The molecule has 0 spiro atoms. The summed E-state index contributed by atoms with van der Waals surface area (Å²) in [4.78, 5) is 18.4. The monoisotopic (exact) mass is 356 g/mol. The van der Waals surface area contributed by atoms with E-state index in [1.54, 1.807) is 11.8 Å². The maximum absolute atomic E-state index is 12.4. The van der Waals surface area contributed by atoms with Gasteiger partial charge in [0.15, 0.2) is 0 Å². The van der Waals surface area contributed by atoms with Crippen LogP contribution in [0, 0.1) is 5.92 Å². The first-order valence-electron chi connectivity index (χ1n) is 9.65. The van der Waals surface area contributed by atoms with Crippen LogP contribution >= 0.6 is 11.8 Å². The van der Waals surface area contributed by atoms with E-state index in [1.807, 2.05) is 11.0 Å². The molecule has 0 saturated carbocycles. The summed E-state index contributed by atoms with van der Waals surface area (Å²) in [6.45, 7) is 5.90. The molecule has 2 unspecified atom stereocenters. The van der Waals surface area contributed by atoms with E-state index < -0.39 is 0 Å². The van der Waals surface area contributed by atoms with E-state index in [2.05, 4.69) is 35.8 Å². The van der Waals surface area contributed by atoms with Gasteiger partial charge in [0.2, 0.25) is 5.91 Å². The molecular weight excluding hydrogens is 328 g/mol. The number of thioether (sulfide) groups is 1. The van der Waals surface area contributed by atoms with E-state index in [1.165, 1.54) is 37.0 Å². The van der Waals surface area contributed by atoms with Crippen LogP contribution in [0.3, 0.4) is 0 Å². The molecule has 3 nitrogen and oxygen atoms in total. The first-order valence-corrected chi connectivity index (χ1v) is 10.6. The van der Waals surface area contributed by atoms with Crippen molar-refractivity contribution in [1.29, 1.82) is 0 Å². The summed E-state index contributed by atoms with van der Waals surface area (Å²) in [6.07, 6.45) is 9.74. The highest BCUT2D eigenvalue weighted by Gasteiger charge is 2.39. The quantitative estimate of drug-likeness (QED) is 0.709. The molecular formula is C21H28N2OS. The highest BCUT2D eigenvalue weighted by atomic mass is 32.2. The third kappa shape index (κ3) is 3.52. The Morgan fingerprint density at radius 2 is 1.92 bits per heavy atom. The fourth-order valence-electron chi connectivity index (χ4n) is 4.99. The van der Waals surface area contributed by atoms with Crippen molar-refractivity contribution in [3.63, 3.8) is 0 Å². The number of anilines is 1. The molecule has 1 amide bonds. The average Bonchev–Trinajstić information content (AvgIpc) is 2.86. The van der Waals surface area contributed by atoms with Gasteiger partial charge in [0.25, 0.3) is 0 Å². The number of piperidine rings is 1. The second kappa shape index (κ2) is 7.55. The van der Waals surface area contributed by atoms with E-state index in [9.17, 15) is 4.79 Å². The lowest BCUT2D eigenvalue weighted by molar-refractivity contribution is -0.116. The topological polar surface area (TPSA) is 23.6 Å². The predicted molar refractivity (Wildman–Crippen MR) is 105 cm³/mol. The third-order valence-electron chi connectivity index (χ3n) is 6.09. The van der Waals surface area contributed by atoms with E-state index >= 15 is 0 Å². The minimum absolute atomic E-state index is 0.261. The van der Waals surface area contributed by atoms with Crippen LogP contribution in [0.15, 0.2) is 41.8 Å². The number of fused-ring (bicyclic) bond motifs is 3. The number of benzene rings is 1. The summed E-state index contributed by atoms with van der Waals surface area (Å²) in [6, 6.07) is 9.85. The second-order valence-corrected chi connectivity index (χ2v) is 8.66. The maximum atomic E-state index is 12.4. The zero-order valence-corrected chi connectivity index (χ0v) is 15.7. The molecule has 4 heteroatoms. The minimum atomic E-state index is 0.261. The van der Waals surface area contributed by atoms with Gasteiger partial charge in [-0.1, -0.05) is 18.2 Å². The second-order valence-electron chi connectivity index (χ2n) is 7.64. The number of carbonyl (C=O) groups is 1. The van der Waals surface area contributed by atoms with Gasteiger partial charge in [0.1, 0.15) is 0 Å². The third-order valence-corrected chi connectivity index (χ3v) is 7.14. The molecule has 0 aromatic heterocycles. The van der Waals surface area contributed by atoms with Gasteiger partial charge in [-0.25, -0.2) is 0 Å². The van der Waals surface area contributed by atoms with E-state index in [0.717, 1.165) is 43.2 Å². The van der Waals surface area contributed by atoms with Crippen molar-refractivity contribution >= 4 is 23.4 Å². The number of hydrogen-bond donors (Lipinski definition) is 0. The molecule has 3 heterocycles. The highest BCUT2D eigenvalue weighted by Crippen LogP contribution is 2.40. The first-order chi connectivity index (χ1) is 12.3. The van der Waals surface area contributed by atoms with Crippen LogP contribution in [0.2, 0.25) is 0 Å². The van der Waals surface area contributed by atoms with Crippen LogP contribution in [0.25, 0.3) is 0 Å². The molecule has 0 aliphatic carbocycles. The van der Waals surface area contributed by atoms with Gasteiger partial charge < -0.3 is 4.90 Å². The van der Waals surface area contributed by atoms with Gasteiger partial charge in [-0.15, -0.1) is 18.3 Å². The van der Waals surface area contributed by atoms with Crippen molar-refractivity contribution in [2.24, 2.45) is 5.92 Å². The summed E-state index contributed by atoms with van der Waals surface area (Å²) in [5.74, 6) is 1.69. The van der Waals surface area contributed by atoms with Crippen molar-refractivity contribution in [3.8, 4) is 0 Å². The molecule has 1 aromatic rings. The number of carbonyl (C=O) groups excluding carboxylic acids is 1. The van der Waals surface area contributed by atoms with Crippen LogP contribution < -0.4 is 4.90 Å². The molecule has 25 heavy (non-hydrogen) atoms. The smallest absolute Gasteiger partial charge is 0.237 e. The van der Waals surface area contributed by atoms with Crippen molar-refractivity contribution in [1.82, 2.24) is 4.90 Å². The number of rotatable bonds is 6. The van der Waals surface area contributed by atoms with Gasteiger partial charge in [0, 0.05) is 30.1 Å². The lowest BCUT2D eigenvalue weighted by atomic mass is 9.88. The van der Waals surface area contributed by atoms with E-state index in [0.29, 0.717) is 5.75 Å². The fraction of sp³-hybridized carbons (Fsp3) is 0.571. The van der Waals surface area contributed by atoms with Crippen molar-refractivity contribution < 1.29 is 4.79 Å². The molecule has 3 aliphatic heterocycles. The SMILES string of the molecule is C=CCC1CC2CCC(C1)N2CCCN1C(=O)CSc2ccccc21. The van der Waals surface area contributed by atoms with Gasteiger partial charge in [-0.05, 0) is 56.6 Å². The fourth-order valence-corrected chi connectivity index (χ4v) is 5.93. The Balaban J connectivity index is 1.34. The van der Waals surface area contributed by atoms with Crippen LogP contribution in [-0.4, -0.2) is 41.7 Å². The molecule has 2 bridgehead atoms. The summed E-state index contributed by atoms with van der Waals surface area (Å²) < 4.78 is 0. The Hall–Kier alpha value is -1.26. The largest absolute Gasteiger partial charge is 0.311 e.